The molecule has 1 aliphatic rings. The Labute approximate surface area is 157 Å². The molecule has 1 atom stereocenters. The Bertz CT molecular complexity index is 830. The van der Waals surface area contributed by atoms with Gasteiger partial charge in [0.25, 0.3) is 0 Å². The lowest BCUT2D eigenvalue weighted by Gasteiger charge is -2.22. The number of amides is 1. The van der Waals surface area contributed by atoms with Crippen molar-refractivity contribution >= 4 is 40.0 Å². The summed E-state index contributed by atoms with van der Waals surface area (Å²) in [5.74, 6) is 0.269. The van der Waals surface area contributed by atoms with E-state index in [2.05, 4.69) is 24.1 Å². The smallest absolute Gasteiger partial charge is 0.227 e. The Kier molecular flexibility index (Phi) is 4.93. The lowest BCUT2D eigenvalue weighted by molar-refractivity contribution is -0.122. The maximum Gasteiger partial charge on any atom is 0.227 e. The molecule has 25 heavy (non-hydrogen) atoms. The zero-order chi connectivity index (χ0) is 18.4. The SMILES string of the molecule is COCCOc1cc(Cl)c(Cl)c2[nH]c3c(c12)[C@@H](C)C(=O)NCC3(C)C. The number of hydrogen-bond donors (Lipinski definition) is 2. The summed E-state index contributed by atoms with van der Waals surface area (Å²) in [4.78, 5) is 15.9. The molecule has 3 rings (SSSR count). The molecule has 0 spiro atoms. The van der Waals surface area contributed by atoms with E-state index in [4.69, 9.17) is 32.7 Å². The highest BCUT2D eigenvalue weighted by molar-refractivity contribution is 6.45. The second-order valence-electron chi connectivity index (χ2n) is 7.00. The first-order chi connectivity index (χ1) is 11.8. The number of fused-ring (bicyclic) bond motifs is 3. The Morgan fingerprint density at radius 2 is 2.04 bits per heavy atom. The first-order valence-corrected chi connectivity index (χ1v) is 8.97. The topological polar surface area (TPSA) is 63.4 Å². The number of aromatic amines is 1. The molecule has 0 fully saturated rings. The number of ether oxygens (including phenoxy) is 2. The summed E-state index contributed by atoms with van der Waals surface area (Å²) in [6.07, 6.45) is 0. The van der Waals surface area contributed by atoms with E-state index in [1.54, 1.807) is 13.2 Å². The van der Waals surface area contributed by atoms with Crippen molar-refractivity contribution < 1.29 is 14.3 Å². The van der Waals surface area contributed by atoms with Crippen LogP contribution in [0.25, 0.3) is 10.9 Å². The van der Waals surface area contributed by atoms with Gasteiger partial charge in [-0.3, -0.25) is 4.79 Å². The van der Waals surface area contributed by atoms with Crippen LogP contribution in [0, 0.1) is 0 Å². The number of carbonyl (C=O) groups is 1. The Hall–Kier alpha value is -1.43. The Balaban J connectivity index is 2.30. The lowest BCUT2D eigenvalue weighted by Crippen LogP contribution is -2.35. The van der Waals surface area contributed by atoms with E-state index in [0.29, 0.717) is 41.1 Å². The van der Waals surface area contributed by atoms with Crippen molar-refractivity contribution in [3.05, 3.63) is 27.4 Å². The standard InChI is InChI=1S/C18H22Cl2N2O3/c1-9-12-13-11(25-6-5-24-4)7-10(19)14(20)15(13)22-16(12)18(2,3)8-21-17(9)23/h7,9,22H,5-6,8H2,1-4H3,(H,21,23)/t9-/m1/s1. The van der Waals surface area contributed by atoms with Crippen molar-refractivity contribution in [1.82, 2.24) is 10.3 Å². The molecule has 2 heterocycles. The predicted molar refractivity (Wildman–Crippen MR) is 100 cm³/mol. The lowest BCUT2D eigenvalue weighted by atomic mass is 9.84. The average Bonchev–Trinajstić information content (AvgIpc) is 2.95. The molecule has 1 aliphatic heterocycles. The van der Waals surface area contributed by atoms with Crippen molar-refractivity contribution in [1.29, 1.82) is 0 Å². The summed E-state index contributed by atoms with van der Waals surface area (Å²) in [5, 5.41) is 4.67. The maximum atomic E-state index is 12.5. The number of nitrogens with one attached hydrogen (secondary N) is 2. The van der Waals surface area contributed by atoms with E-state index in [0.717, 1.165) is 16.6 Å². The summed E-state index contributed by atoms with van der Waals surface area (Å²) >= 11 is 12.7. The van der Waals surface area contributed by atoms with Gasteiger partial charge >= 0.3 is 0 Å². The fourth-order valence-corrected chi connectivity index (χ4v) is 3.69. The van der Waals surface area contributed by atoms with Gasteiger partial charge in [-0.2, -0.15) is 0 Å². The molecule has 1 aromatic heterocycles. The van der Waals surface area contributed by atoms with Crippen LogP contribution >= 0.6 is 23.2 Å². The number of hydrogen-bond acceptors (Lipinski definition) is 3. The van der Waals surface area contributed by atoms with Gasteiger partial charge in [-0.1, -0.05) is 37.0 Å². The van der Waals surface area contributed by atoms with Crippen molar-refractivity contribution in [2.24, 2.45) is 0 Å². The molecule has 0 radical (unpaired) electrons. The molecule has 0 saturated carbocycles. The van der Waals surface area contributed by atoms with Crippen LogP contribution < -0.4 is 10.1 Å². The minimum Gasteiger partial charge on any atom is -0.490 e. The summed E-state index contributed by atoms with van der Waals surface area (Å²) in [6, 6.07) is 1.71. The van der Waals surface area contributed by atoms with Gasteiger partial charge in [0.05, 0.1) is 28.1 Å². The summed E-state index contributed by atoms with van der Waals surface area (Å²) in [6.45, 7) is 7.44. The largest absolute Gasteiger partial charge is 0.490 e. The third kappa shape index (κ3) is 3.09. The molecule has 136 valence electrons. The third-order valence-electron chi connectivity index (χ3n) is 4.72. The fourth-order valence-electron chi connectivity index (χ4n) is 3.30. The highest BCUT2D eigenvalue weighted by Crippen LogP contribution is 2.46. The highest BCUT2D eigenvalue weighted by Gasteiger charge is 2.37. The third-order valence-corrected chi connectivity index (χ3v) is 5.51. The monoisotopic (exact) mass is 384 g/mol. The van der Waals surface area contributed by atoms with Crippen molar-refractivity contribution in [2.45, 2.75) is 32.1 Å². The van der Waals surface area contributed by atoms with E-state index >= 15 is 0 Å². The molecule has 7 heteroatoms. The molecule has 2 aromatic rings. The van der Waals surface area contributed by atoms with Crippen LogP contribution in [-0.4, -0.2) is 37.8 Å². The van der Waals surface area contributed by atoms with Crippen LogP contribution in [0.2, 0.25) is 10.0 Å². The average molecular weight is 385 g/mol. The zero-order valence-corrected chi connectivity index (χ0v) is 16.3. The fraction of sp³-hybridized carbons (Fsp3) is 0.500. The Morgan fingerprint density at radius 1 is 1.32 bits per heavy atom. The minimum atomic E-state index is -0.326. The quantitative estimate of drug-likeness (QED) is 0.782. The van der Waals surface area contributed by atoms with Crippen LogP contribution in [0.3, 0.4) is 0 Å². The van der Waals surface area contributed by atoms with Crippen LogP contribution in [0.15, 0.2) is 6.07 Å². The van der Waals surface area contributed by atoms with Crippen molar-refractivity contribution in [3.63, 3.8) is 0 Å². The van der Waals surface area contributed by atoms with Gasteiger partial charge in [0.15, 0.2) is 0 Å². The summed E-state index contributed by atoms with van der Waals surface area (Å²) in [5.41, 5.74) is 2.34. The first-order valence-electron chi connectivity index (χ1n) is 8.21. The van der Waals surface area contributed by atoms with E-state index in [-0.39, 0.29) is 17.2 Å². The van der Waals surface area contributed by atoms with Gasteiger partial charge < -0.3 is 19.8 Å². The molecular formula is C18H22Cl2N2O3. The molecule has 0 bridgehead atoms. The molecule has 1 aromatic carbocycles. The number of aromatic nitrogens is 1. The molecular weight excluding hydrogens is 363 g/mol. The molecule has 0 saturated heterocycles. The molecule has 0 aliphatic carbocycles. The van der Waals surface area contributed by atoms with Crippen LogP contribution in [0.1, 0.15) is 37.9 Å². The van der Waals surface area contributed by atoms with E-state index in [1.807, 2.05) is 6.92 Å². The van der Waals surface area contributed by atoms with Gasteiger partial charge in [-0.25, -0.2) is 0 Å². The number of methoxy groups -OCH3 is 1. The number of benzene rings is 1. The van der Waals surface area contributed by atoms with Crippen molar-refractivity contribution in [2.75, 3.05) is 26.9 Å². The number of H-pyrrole nitrogens is 1. The molecule has 1 amide bonds. The van der Waals surface area contributed by atoms with E-state index in [1.165, 1.54) is 0 Å². The van der Waals surface area contributed by atoms with Crippen LogP contribution in [0.4, 0.5) is 0 Å². The molecule has 0 unspecified atom stereocenters. The molecule has 5 nitrogen and oxygen atoms in total. The minimum absolute atomic E-state index is 0.0124. The van der Waals surface area contributed by atoms with Crippen LogP contribution in [0.5, 0.6) is 5.75 Å². The number of rotatable bonds is 4. The number of carbonyl (C=O) groups excluding carboxylic acids is 1. The zero-order valence-electron chi connectivity index (χ0n) is 14.8. The second kappa shape index (κ2) is 6.71. The van der Waals surface area contributed by atoms with E-state index in [9.17, 15) is 4.79 Å². The predicted octanol–water partition coefficient (Wildman–Crippen LogP) is 4.01. The normalized spacial score (nSPS) is 19.4. The van der Waals surface area contributed by atoms with Crippen molar-refractivity contribution in [3.8, 4) is 5.75 Å². The van der Waals surface area contributed by atoms with E-state index < -0.39 is 0 Å². The van der Waals surface area contributed by atoms with Gasteiger partial charge in [0.1, 0.15) is 12.4 Å². The molecule has 2 N–H and O–H groups in total. The maximum absolute atomic E-state index is 12.5. The summed E-state index contributed by atoms with van der Waals surface area (Å²) < 4.78 is 11.0. The van der Waals surface area contributed by atoms with Gasteiger partial charge in [-0.05, 0) is 12.5 Å². The number of halogens is 2. The first kappa shape index (κ1) is 18.4. The highest BCUT2D eigenvalue weighted by atomic mass is 35.5. The van der Waals surface area contributed by atoms with Gasteiger partial charge in [0, 0.05) is 36.2 Å². The van der Waals surface area contributed by atoms with Crippen LogP contribution in [-0.2, 0) is 14.9 Å². The Morgan fingerprint density at radius 3 is 2.72 bits per heavy atom. The second-order valence-corrected chi connectivity index (χ2v) is 7.78. The summed E-state index contributed by atoms with van der Waals surface area (Å²) in [7, 11) is 1.62. The van der Waals surface area contributed by atoms with Gasteiger partial charge in [0.2, 0.25) is 5.91 Å². The van der Waals surface area contributed by atoms with Gasteiger partial charge in [-0.15, -0.1) is 0 Å².